The number of unbranched alkanes of at least 4 members (excludes halogenated alkanes) is 8. The van der Waals surface area contributed by atoms with Gasteiger partial charge in [0.2, 0.25) is 11.8 Å². The first-order valence-electron chi connectivity index (χ1n) is 11.5. The highest BCUT2D eigenvalue weighted by atomic mass is 35.5. The monoisotopic (exact) mass is 430 g/mol. The van der Waals surface area contributed by atoms with Gasteiger partial charge in [-0.05, 0) is 55.9 Å². The minimum Gasteiger partial charge on any atom is -0.420 e. The van der Waals surface area contributed by atoms with E-state index in [1.807, 2.05) is 6.07 Å². The molecule has 1 fully saturated rings. The number of nitrogens with two attached hydrogens (primary N) is 1. The Morgan fingerprint density at radius 1 is 1.07 bits per heavy atom. The molecule has 1 saturated carbocycles. The highest BCUT2D eigenvalue weighted by molar-refractivity contribution is 6.21. The lowest BCUT2D eigenvalue weighted by Gasteiger charge is -2.08. The Morgan fingerprint density at radius 3 is 2.37 bits per heavy atom. The summed E-state index contributed by atoms with van der Waals surface area (Å²) in [4.78, 5) is 0. The van der Waals surface area contributed by atoms with E-state index >= 15 is 0 Å². The number of halogens is 1. The van der Waals surface area contributed by atoms with Crippen LogP contribution >= 0.6 is 11.8 Å². The van der Waals surface area contributed by atoms with Crippen molar-refractivity contribution in [2.45, 2.75) is 96.3 Å². The molecule has 3 rings (SSSR count). The smallest absolute Gasteiger partial charge is 0.247 e. The molecule has 0 unspecified atom stereocenters. The second-order valence-corrected chi connectivity index (χ2v) is 8.85. The van der Waals surface area contributed by atoms with Crippen molar-refractivity contribution in [1.29, 1.82) is 0 Å². The highest BCUT2D eigenvalue weighted by Crippen LogP contribution is 2.48. The molecule has 0 atom stereocenters. The maximum Gasteiger partial charge on any atom is 0.247 e. The molecule has 1 heterocycles. The molecule has 1 aromatic carbocycles. The van der Waals surface area contributed by atoms with Crippen molar-refractivity contribution < 1.29 is 4.42 Å². The van der Waals surface area contributed by atoms with Crippen molar-refractivity contribution in [3.05, 3.63) is 35.2 Å². The van der Waals surface area contributed by atoms with Gasteiger partial charge in [0.25, 0.3) is 0 Å². The van der Waals surface area contributed by atoms with Gasteiger partial charge in [-0.15, -0.1) is 10.2 Å². The summed E-state index contributed by atoms with van der Waals surface area (Å²) in [5, 5.41) is 8.50. The molecule has 0 spiro atoms. The van der Waals surface area contributed by atoms with Crippen LogP contribution in [0.5, 0.6) is 0 Å². The fourth-order valence-corrected chi connectivity index (χ4v) is 4.18. The standard InChI is InChI=1S/C24H35ClN4O/c1-3-4-5-6-7-8-9-10-11-12-19-17-20(14-13-18(19)2)21-28-29-23(30-21)24(15-16-24)22(26)27-25/h13-14,17H,3-12,15-16H2,1-2H3,(H2,26,27). The molecule has 0 radical (unpaired) electrons. The molecule has 164 valence electrons. The maximum atomic E-state index is 5.97. The second-order valence-electron chi connectivity index (χ2n) is 8.68. The average molecular weight is 431 g/mol. The molecule has 2 aromatic rings. The molecule has 0 saturated heterocycles. The Bertz CT molecular complexity index is 841. The van der Waals surface area contributed by atoms with Crippen LogP contribution in [0.4, 0.5) is 0 Å². The summed E-state index contributed by atoms with van der Waals surface area (Å²) in [5.41, 5.74) is 9.12. The Hall–Kier alpha value is -1.88. The van der Waals surface area contributed by atoms with E-state index in [9.17, 15) is 0 Å². The summed E-state index contributed by atoms with van der Waals surface area (Å²) in [6.45, 7) is 4.44. The number of rotatable bonds is 13. The number of hydrogen-bond donors (Lipinski definition) is 1. The number of aromatic nitrogens is 2. The normalized spacial score (nSPS) is 15.5. The number of aryl methyl sites for hydroxylation is 2. The van der Waals surface area contributed by atoms with Crippen molar-refractivity contribution in [3.8, 4) is 11.5 Å². The van der Waals surface area contributed by atoms with Gasteiger partial charge in [0.05, 0.1) is 0 Å². The van der Waals surface area contributed by atoms with Crippen molar-refractivity contribution in [1.82, 2.24) is 10.2 Å². The van der Waals surface area contributed by atoms with Gasteiger partial charge in [0.1, 0.15) is 11.3 Å². The third-order valence-corrected chi connectivity index (χ3v) is 6.49. The van der Waals surface area contributed by atoms with Gasteiger partial charge in [-0.3, -0.25) is 0 Å². The molecule has 1 aliphatic rings. The van der Waals surface area contributed by atoms with Crippen LogP contribution < -0.4 is 5.73 Å². The summed E-state index contributed by atoms with van der Waals surface area (Å²) >= 11 is 5.57. The fraction of sp³-hybridized carbons (Fsp3) is 0.625. The largest absolute Gasteiger partial charge is 0.420 e. The van der Waals surface area contributed by atoms with Gasteiger partial charge in [-0.2, -0.15) is 4.51 Å². The van der Waals surface area contributed by atoms with Crippen molar-refractivity contribution in [2.75, 3.05) is 0 Å². The third kappa shape index (κ3) is 5.63. The summed E-state index contributed by atoms with van der Waals surface area (Å²) in [6.07, 6.45) is 14.9. The average Bonchev–Trinajstić information content (AvgIpc) is 3.42. The number of hydrogen-bond acceptors (Lipinski definition) is 4. The van der Waals surface area contributed by atoms with E-state index in [1.165, 1.54) is 68.9 Å². The zero-order valence-electron chi connectivity index (χ0n) is 18.4. The summed E-state index contributed by atoms with van der Waals surface area (Å²) in [6, 6.07) is 6.38. The van der Waals surface area contributed by atoms with Crippen molar-refractivity contribution >= 4 is 17.6 Å². The molecule has 1 aromatic heterocycles. The quantitative estimate of drug-likeness (QED) is 0.219. The van der Waals surface area contributed by atoms with Crippen molar-refractivity contribution in [2.24, 2.45) is 10.2 Å². The van der Waals surface area contributed by atoms with E-state index in [0.29, 0.717) is 17.6 Å². The van der Waals surface area contributed by atoms with E-state index in [2.05, 4.69) is 40.7 Å². The molecule has 6 heteroatoms. The molecule has 5 nitrogen and oxygen atoms in total. The van der Waals surface area contributed by atoms with E-state index in [0.717, 1.165) is 24.8 Å². The Kier molecular flexibility index (Phi) is 8.32. The van der Waals surface area contributed by atoms with E-state index in [1.54, 1.807) is 0 Å². The van der Waals surface area contributed by atoms with E-state index in [-0.39, 0.29) is 0 Å². The minimum absolute atomic E-state index is 0.356. The number of amidine groups is 1. The van der Waals surface area contributed by atoms with Gasteiger partial charge >= 0.3 is 0 Å². The molecular formula is C24H35ClN4O. The first-order valence-corrected chi connectivity index (χ1v) is 11.8. The fourth-order valence-electron chi connectivity index (χ4n) is 4.02. The van der Waals surface area contributed by atoms with Crippen LogP contribution in [0.25, 0.3) is 11.5 Å². The van der Waals surface area contributed by atoms with Crippen LogP contribution in [0.1, 0.15) is 94.6 Å². The molecule has 1 aliphatic carbocycles. The molecule has 30 heavy (non-hydrogen) atoms. The molecule has 2 N–H and O–H groups in total. The van der Waals surface area contributed by atoms with E-state index < -0.39 is 5.41 Å². The highest BCUT2D eigenvalue weighted by Gasteiger charge is 2.53. The lowest BCUT2D eigenvalue weighted by atomic mass is 9.98. The van der Waals surface area contributed by atoms with Crippen molar-refractivity contribution in [3.63, 3.8) is 0 Å². The Labute approximate surface area is 185 Å². The SMILES string of the molecule is CCCCCCCCCCCc1cc(-c2nnc(C3(/C(N)=N/Cl)CC3)o2)ccc1C. The topological polar surface area (TPSA) is 77.3 Å². The Morgan fingerprint density at radius 2 is 1.73 bits per heavy atom. The molecule has 0 aliphatic heterocycles. The number of benzene rings is 1. The zero-order valence-corrected chi connectivity index (χ0v) is 19.2. The molecule has 0 amide bonds. The minimum atomic E-state index is -0.461. The van der Waals surface area contributed by atoms with Gasteiger partial charge in [-0.25, -0.2) is 0 Å². The lowest BCUT2D eigenvalue weighted by Crippen LogP contribution is -2.28. The van der Waals surface area contributed by atoms with Crippen LogP contribution in [0, 0.1) is 6.92 Å². The van der Waals surface area contributed by atoms with Gasteiger partial charge in [-0.1, -0.05) is 64.4 Å². The van der Waals surface area contributed by atoms with Crippen LogP contribution in [0.15, 0.2) is 27.1 Å². The summed E-state index contributed by atoms with van der Waals surface area (Å²) in [7, 11) is 0. The van der Waals surface area contributed by atoms with Gasteiger partial charge in [0.15, 0.2) is 0 Å². The van der Waals surface area contributed by atoms with E-state index in [4.69, 9.17) is 21.9 Å². The Balaban J connectivity index is 1.52. The van der Waals surface area contributed by atoms with Gasteiger partial charge in [0, 0.05) is 17.3 Å². The predicted molar refractivity (Wildman–Crippen MR) is 124 cm³/mol. The second kappa shape index (κ2) is 10.9. The summed E-state index contributed by atoms with van der Waals surface area (Å²) < 4.78 is 9.59. The van der Waals surface area contributed by atoms with Gasteiger partial charge < -0.3 is 10.2 Å². The first-order chi connectivity index (χ1) is 14.6. The maximum absolute atomic E-state index is 5.97. The van der Waals surface area contributed by atoms with Crippen LogP contribution in [-0.4, -0.2) is 16.0 Å². The lowest BCUT2D eigenvalue weighted by molar-refractivity contribution is 0.486. The predicted octanol–water partition coefficient (Wildman–Crippen LogP) is 6.66. The number of nitrogens with zero attached hydrogens (tertiary/aromatic N) is 3. The molecule has 0 bridgehead atoms. The zero-order chi connectivity index (χ0) is 21.4. The van der Waals surface area contributed by atoms with Crippen LogP contribution in [-0.2, 0) is 11.8 Å². The third-order valence-electron chi connectivity index (χ3n) is 6.31. The van der Waals surface area contributed by atoms with Crippen LogP contribution in [0.2, 0.25) is 0 Å². The summed E-state index contributed by atoms with van der Waals surface area (Å²) in [5.74, 6) is 1.40. The van der Waals surface area contributed by atoms with Crippen LogP contribution in [0.3, 0.4) is 0 Å². The molecular weight excluding hydrogens is 396 g/mol. The first kappa shape index (κ1) is 22.8.